The van der Waals surface area contributed by atoms with Crippen LogP contribution in [0.5, 0.6) is 0 Å². The summed E-state index contributed by atoms with van der Waals surface area (Å²) in [5.74, 6) is 1.01. The summed E-state index contributed by atoms with van der Waals surface area (Å²) in [6.45, 7) is 3.16. The van der Waals surface area contributed by atoms with Crippen LogP contribution in [0.25, 0.3) is 22.4 Å². The molecule has 108 valence electrons. The van der Waals surface area contributed by atoms with Crippen molar-refractivity contribution in [2.45, 2.75) is 6.92 Å². The van der Waals surface area contributed by atoms with Crippen molar-refractivity contribution in [1.82, 2.24) is 9.55 Å². The van der Waals surface area contributed by atoms with Crippen LogP contribution in [0.2, 0.25) is 0 Å². The fourth-order valence-electron chi connectivity index (χ4n) is 2.48. The zero-order valence-electron chi connectivity index (χ0n) is 12.5. The Morgan fingerprint density at radius 2 is 1.86 bits per heavy atom. The van der Waals surface area contributed by atoms with E-state index in [1.54, 1.807) is 0 Å². The number of aryl methyl sites for hydroxylation is 1. The standard InChI is InChI=1S/C17H18IN3/c1-4-20(2)14-8-5-12(6-9-14)17-19-15-11-13(18)7-10-16(15)21(17)3/h5-11H,4H2,1-3H3. The van der Waals surface area contributed by atoms with Gasteiger partial charge in [0, 0.05) is 35.5 Å². The summed E-state index contributed by atoms with van der Waals surface area (Å²) in [6, 6.07) is 15.0. The molecule has 3 nitrogen and oxygen atoms in total. The fourth-order valence-corrected chi connectivity index (χ4v) is 2.95. The van der Waals surface area contributed by atoms with E-state index >= 15 is 0 Å². The summed E-state index contributed by atoms with van der Waals surface area (Å²) in [6.07, 6.45) is 0. The summed E-state index contributed by atoms with van der Waals surface area (Å²) >= 11 is 2.32. The lowest BCUT2D eigenvalue weighted by Crippen LogP contribution is -2.15. The molecule has 21 heavy (non-hydrogen) atoms. The molecule has 0 radical (unpaired) electrons. The van der Waals surface area contributed by atoms with Gasteiger partial charge >= 0.3 is 0 Å². The molecule has 0 N–H and O–H groups in total. The Balaban J connectivity index is 2.06. The van der Waals surface area contributed by atoms with E-state index in [1.807, 2.05) is 0 Å². The summed E-state index contributed by atoms with van der Waals surface area (Å²) < 4.78 is 3.37. The van der Waals surface area contributed by atoms with Crippen molar-refractivity contribution in [2.24, 2.45) is 7.05 Å². The van der Waals surface area contributed by atoms with Crippen molar-refractivity contribution in [1.29, 1.82) is 0 Å². The molecule has 0 aliphatic carbocycles. The Hall–Kier alpha value is -1.56. The van der Waals surface area contributed by atoms with Gasteiger partial charge in [0.25, 0.3) is 0 Å². The highest BCUT2D eigenvalue weighted by Gasteiger charge is 2.10. The third kappa shape index (κ3) is 2.64. The molecule has 3 aromatic rings. The topological polar surface area (TPSA) is 21.1 Å². The van der Waals surface area contributed by atoms with Crippen LogP contribution < -0.4 is 4.90 Å². The average Bonchev–Trinajstić information content (AvgIpc) is 2.83. The Morgan fingerprint density at radius 1 is 1.14 bits per heavy atom. The number of halogens is 1. The first-order valence-corrected chi connectivity index (χ1v) is 8.11. The number of fused-ring (bicyclic) bond motifs is 1. The van der Waals surface area contributed by atoms with E-state index in [1.165, 1.54) is 14.8 Å². The van der Waals surface area contributed by atoms with Crippen molar-refractivity contribution < 1.29 is 0 Å². The molecule has 0 fully saturated rings. The number of benzene rings is 2. The van der Waals surface area contributed by atoms with Crippen LogP contribution in [0, 0.1) is 3.57 Å². The van der Waals surface area contributed by atoms with Gasteiger partial charge in [-0.15, -0.1) is 0 Å². The van der Waals surface area contributed by atoms with Gasteiger partial charge in [-0.25, -0.2) is 4.98 Å². The Bertz CT molecular complexity index is 775. The van der Waals surface area contributed by atoms with E-state index in [2.05, 4.69) is 95.5 Å². The first-order valence-electron chi connectivity index (χ1n) is 7.03. The molecule has 1 aromatic heterocycles. The number of hydrogen-bond acceptors (Lipinski definition) is 2. The highest BCUT2D eigenvalue weighted by Crippen LogP contribution is 2.26. The molecule has 3 rings (SSSR count). The van der Waals surface area contributed by atoms with Crippen LogP contribution in [0.4, 0.5) is 5.69 Å². The normalized spacial score (nSPS) is 11.0. The lowest BCUT2D eigenvalue weighted by molar-refractivity contribution is 0.956. The van der Waals surface area contributed by atoms with Crippen LogP contribution >= 0.6 is 22.6 Å². The van der Waals surface area contributed by atoms with Crippen LogP contribution in [0.15, 0.2) is 42.5 Å². The summed E-state index contributed by atoms with van der Waals surface area (Å²) in [7, 11) is 4.18. The van der Waals surface area contributed by atoms with E-state index in [9.17, 15) is 0 Å². The number of aromatic nitrogens is 2. The number of rotatable bonds is 3. The monoisotopic (exact) mass is 391 g/mol. The molecule has 0 saturated carbocycles. The Morgan fingerprint density at radius 3 is 2.52 bits per heavy atom. The minimum Gasteiger partial charge on any atom is -0.375 e. The van der Waals surface area contributed by atoms with Gasteiger partial charge in [-0.05, 0) is 72.0 Å². The van der Waals surface area contributed by atoms with Crippen LogP contribution in [0.1, 0.15) is 6.92 Å². The predicted molar refractivity (Wildman–Crippen MR) is 97.8 cm³/mol. The van der Waals surface area contributed by atoms with Crippen molar-refractivity contribution in [2.75, 3.05) is 18.5 Å². The maximum atomic E-state index is 4.78. The highest BCUT2D eigenvalue weighted by atomic mass is 127. The number of anilines is 1. The predicted octanol–water partition coefficient (Wildman–Crippen LogP) is 4.30. The fraction of sp³-hybridized carbons (Fsp3) is 0.235. The molecule has 0 amide bonds. The molecule has 0 saturated heterocycles. The zero-order valence-corrected chi connectivity index (χ0v) is 14.6. The minimum absolute atomic E-state index is 1.00. The third-order valence-corrected chi connectivity index (χ3v) is 4.55. The number of nitrogens with zero attached hydrogens (tertiary/aromatic N) is 3. The molecule has 0 atom stereocenters. The third-order valence-electron chi connectivity index (χ3n) is 3.88. The molecule has 1 heterocycles. The summed E-state index contributed by atoms with van der Waals surface area (Å²) in [5.41, 5.74) is 4.60. The zero-order chi connectivity index (χ0) is 15.0. The molecule has 0 bridgehead atoms. The molecular weight excluding hydrogens is 373 g/mol. The van der Waals surface area contributed by atoms with Gasteiger partial charge in [-0.1, -0.05) is 0 Å². The van der Waals surface area contributed by atoms with Gasteiger partial charge in [0.2, 0.25) is 0 Å². The quantitative estimate of drug-likeness (QED) is 0.621. The van der Waals surface area contributed by atoms with Crippen molar-refractivity contribution >= 4 is 39.3 Å². The molecule has 0 spiro atoms. The molecule has 4 heteroatoms. The van der Waals surface area contributed by atoms with Gasteiger partial charge in [0.1, 0.15) is 5.82 Å². The minimum atomic E-state index is 1.00. The van der Waals surface area contributed by atoms with Crippen LogP contribution in [0.3, 0.4) is 0 Å². The van der Waals surface area contributed by atoms with Crippen molar-refractivity contribution in [3.05, 3.63) is 46.0 Å². The van der Waals surface area contributed by atoms with E-state index in [-0.39, 0.29) is 0 Å². The van der Waals surface area contributed by atoms with Gasteiger partial charge in [-0.3, -0.25) is 0 Å². The highest BCUT2D eigenvalue weighted by molar-refractivity contribution is 14.1. The largest absolute Gasteiger partial charge is 0.375 e. The average molecular weight is 391 g/mol. The first-order chi connectivity index (χ1) is 10.1. The molecular formula is C17H18IN3. The van der Waals surface area contributed by atoms with E-state index in [0.29, 0.717) is 0 Å². The van der Waals surface area contributed by atoms with E-state index in [4.69, 9.17) is 4.98 Å². The second-order valence-corrected chi connectivity index (χ2v) is 6.43. The Kier molecular flexibility index (Phi) is 3.89. The lowest BCUT2D eigenvalue weighted by atomic mass is 10.2. The maximum absolute atomic E-state index is 4.78. The Labute approximate surface area is 138 Å². The lowest BCUT2D eigenvalue weighted by Gasteiger charge is -2.16. The molecule has 2 aromatic carbocycles. The number of hydrogen-bond donors (Lipinski definition) is 0. The van der Waals surface area contributed by atoms with Crippen LogP contribution in [-0.4, -0.2) is 23.1 Å². The smallest absolute Gasteiger partial charge is 0.140 e. The van der Waals surface area contributed by atoms with Gasteiger partial charge in [0.15, 0.2) is 0 Å². The maximum Gasteiger partial charge on any atom is 0.140 e. The SMILES string of the molecule is CCN(C)c1ccc(-c2nc3cc(I)ccc3n2C)cc1. The molecule has 0 aliphatic heterocycles. The second kappa shape index (κ2) is 5.67. The summed E-state index contributed by atoms with van der Waals surface area (Å²) in [5, 5.41) is 0. The second-order valence-electron chi connectivity index (χ2n) is 5.19. The molecule has 0 unspecified atom stereocenters. The van der Waals surface area contributed by atoms with Gasteiger partial charge in [0.05, 0.1) is 11.0 Å². The van der Waals surface area contributed by atoms with E-state index in [0.717, 1.165) is 23.4 Å². The summed E-state index contributed by atoms with van der Waals surface area (Å²) in [4.78, 5) is 7.01. The van der Waals surface area contributed by atoms with Gasteiger partial charge in [-0.2, -0.15) is 0 Å². The van der Waals surface area contributed by atoms with Gasteiger partial charge < -0.3 is 9.47 Å². The molecule has 0 aliphatic rings. The van der Waals surface area contributed by atoms with E-state index < -0.39 is 0 Å². The van der Waals surface area contributed by atoms with Crippen molar-refractivity contribution in [3.8, 4) is 11.4 Å². The van der Waals surface area contributed by atoms with Crippen molar-refractivity contribution in [3.63, 3.8) is 0 Å². The first kappa shape index (κ1) is 14.4. The number of imidazole rings is 1. The van der Waals surface area contributed by atoms with Crippen LogP contribution in [-0.2, 0) is 7.05 Å².